The molecule has 0 aromatic heterocycles. The lowest BCUT2D eigenvalue weighted by Gasteiger charge is -2.21. The molecule has 1 unspecified atom stereocenters. The molecule has 0 bridgehead atoms. The molecule has 0 radical (unpaired) electrons. The van der Waals surface area contributed by atoms with Crippen LogP contribution in [-0.2, 0) is 4.74 Å². The van der Waals surface area contributed by atoms with E-state index < -0.39 is 0 Å². The van der Waals surface area contributed by atoms with Gasteiger partial charge in [0.2, 0.25) is 0 Å². The van der Waals surface area contributed by atoms with E-state index in [9.17, 15) is 0 Å². The first-order chi connectivity index (χ1) is 5.87. The minimum absolute atomic E-state index is 0.263. The molecule has 0 aromatic carbocycles. The third kappa shape index (κ3) is 6.62. The van der Waals surface area contributed by atoms with Crippen LogP contribution in [0.5, 0.6) is 0 Å². The first-order valence-corrected chi connectivity index (χ1v) is 5.08. The quantitative estimate of drug-likeness (QED) is 0.528. The van der Waals surface area contributed by atoms with Crippen molar-refractivity contribution in [3.63, 3.8) is 0 Å². The predicted octanol–water partition coefficient (Wildman–Crippen LogP) is 3.46. The summed E-state index contributed by atoms with van der Waals surface area (Å²) in [6.45, 7) is 11.3. The van der Waals surface area contributed by atoms with Crippen LogP contribution in [0.2, 0.25) is 0 Å². The Kier molecular flexibility index (Phi) is 5.04. The molecule has 0 heterocycles. The maximum Gasteiger partial charge on any atom is 0.183 e. The number of hydrogen-bond acceptors (Lipinski definition) is 2. The van der Waals surface area contributed by atoms with E-state index in [0.29, 0.717) is 17.9 Å². The van der Waals surface area contributed by atoms with Gasteiger partial charge in [-0.1, -0.05) is 27.7 Å². The number of nitrogens with one attached hydrogen (secondary N) is 1. The van der Waals surface area contributed by atoms with Crippen LogP contribution in [0.3, 0.4) is 0 Å². The van der Waals surface area contributed by atoms with Crippen molar-refractivity contribution in [2.24, 2.45) is 11.3 Å². The summed E-state index contributed by atoms with van der Waals surface area (Å²) in [6.07, 6.45) is 2.19. The molecule has 0 spiro atoms. The van der Waals surface area contributed by atoms with Crippen LogP contribution in [0.4, 0.5) is 0 Å². The van der Waals surface area contributed by atoms with Gasteiger partial charge in [0.25, 0.3) is 0 Å². The highest BCUT2D eigenvalue weighted by molar-refractivity contribution is 5.74. The third-order valence-corrected chi connectivity index (χ3v) is 2.07. The zero-order chi connectivity index (χ0) is 10.5. The van der Waals surface area contributed by atoms with Gasteiger partial charge in [-0.05, 0) is 25.2 Å². The van der Waals surface area contributed by atoms with E-state index in [0.717, 1.165) is 12.8 Å². The lowest BCUT2D eigenvalue weighted by atomic mass is 9.87. The van der Waals surface area contributed by atoms with E-state index in [2.05, 4.69) is 27.7 Å². The van der Waals surface area contributed by atoms with Gasteiger partial charge in [-0.25, -0.2) is 0 Å². The average molecular weight is 185 g/mol. The van der Waals surface area contributed by atoms with E-state index in [1.807, 2.05) is 6.92 Å². The molecule has 1 N–H and O–H groups in total. The lowest BCUT2D eigenvalue weighted by Crippen LogP contribution is -2.16. The molecule has 0 amide bonds. The largest absolute Gasteiger partial charge is 0.481 e. The van der Waals surface area contributed by atoms with Crippen LogP contribution < -0.4 is 0 Å². The van der Waals surface area contributed by atoms with Crippen molar-refractivity contribution in [1.82, 2.24) is 0 Å². The Balaban J connectivity index is 3.74. The van der Waals surface area contributed by atoms with E-state index >= 15 is 0 Å². The summed E-state index contributed by atoms with van der Waals surface area (Å²) in [5, 5.41) is 7.58. The zero-order valence-corrected chi connectivity index (χ0v) is 9.61. The second kappa shape index (κ2) is 5.25. The van der Waals surface area contributed by atoms with Gasteiger partial charge in [-0.2, -0.15) is 0 Å². The maximum atomic E-state index is 7.58. The highest BCUT2D eigenvalue weighted by Gasteiger charge is 2.15. The van der Waals surface area contributed by atoms with Gasteiger partial charge in [0.05, 0.1) is 6.61 Å². The van der Waals surface area contributed by atoms with Gasteiger partial charge in [-0.3, -0.25) is 5.41 Å². The Morgan fingerprint density at radius 1 is 1.38 bits per heavy atom. The van der Waals surface area contributed by atoms with Gasteiger partial charge in [0.1, 0.15) is 0 Å². The fraction of sp³-hybridized carbons (Fsp3) is 0.909. The Bertz CT molecular complexity index is 158. The number of ether oxygens (including phenoxy) is 1. The van der Waals surface area contributed by atoms with Crippen LogP contribution in [0, 0.1) is 16.7 Å². The Labute approximate surface area is 82.2 Å². The van der Waals surface area contributed by atoms with Gasteiger partial charge < -0.3 is 4.74 Å². The summed E-state index contributed by atoms with van der Waals surface area (Å²) in [6, 6.07) is 0. The highest BCUT2D eigenvalue weighted by Crippen LogP contribution is 2.23. The molecular weight excluding hydrogens is 162 g/mol. The Morgan fingerprint density at radius 3 is 2.31 bits per heavy atom. The second-order valence-corrected chi connectivity index (χ2v) is 4.80. The Hall–Kier alpha value is -0.530. The zero-order valence-electron chi connectivity index (χ0n) is 9.61. The SMILES string of the molecule is CCOC(=N)C(C)CCC(C)(C)C. The molecule has 78 valence electrons. The van der Waals surface area contributed by atoms with Crippen molar-refractivity contribution in [1.29, 1.82) is 5.41 Å². The molecule has 0 aromatic rings. The summed E-state index contributed by atoms with van der Waals surface area (Å²) in [7, 11) is 0. The fourth-order valence-corrected chi connectivity index (χ4v) is 1.08. The van der Waals surface area contributed by atoms with Crippen molar-refractivity contribution >= 4 is 5.90 Å². The standard InChI is InChI=1S/C11H23NO/c1-6-13-10(12)9(2)7-8-11(3,4)5/h9,12H,6-8H2,1-5H3. The van der Waals surface area contributed by atoms with Crippen LogP contribution in [0.15, 0.2) is 0 Å². The average Bonchev–Trinajstić information content (AvgIpc) is 1.99. The first kappa shape index (κ1) is 12.5. The van der Waals surface area contributed by atoms with Gasteiger partial charge in [0, 0.05) is 5.92 Å². The van der Waals surface area contributed by atoms with Crippen molar-refractivity contribution < 1.29 is 4.74 Å². The van der Waals surface area contributed by atoms with Crippen molar-refractivity contribution in [3.05, 3.63) is 0 Å². The van der Waals surface area contributed by atoms with Crippen LogP contribution in [-0.4, -0.2) is 12.5 Å². The third-order valence-electron chi connectivity index (χ3n) is 2.07. The van der Waals surface area contributed by atoms with E-state index in [-0.39, 0.29) is 5.92 Å². The number of rotatable bonds is 4. The molecule has 0 aliphatic carbocycles. The van der Waals surface area contributed by atoms with E-state index in [4.69, 9.17) is 10.1 Å². The minimum atomic E-state index is 0.263. The molecule has 13 heavy (non-hydrogen) atoms. The van der Waals surface area contributed by atoms with Gasteiger partial charge in [-0.15, -0.1) is 0 Å². The van der Waals surface area contributed by atoms with Crippen molar-refractivity contribution in [3.8, 4) is 0 Å². The summed E-state index contributed by atoms with van der Waals surface area (Å²) in [4.78, 5) is 0. The predicted molar refractivity (Wildman–Crippen MR) is 57.2 cm³/mol. The fourth-order valence-electron chi connectivity index (χ4n) is 1.08. The molecule has 0 aliphatic heterocycles. The summed E-state index contributed by atoms with van der Waals surface area (Å²) in [5.74, 6) is 0.700. The van der Waals surface area contributed by atoms with Crippen LogP contribution in [0.1, 0.15) is 47.5 Å². The van der Waals surface area contributed by atoms with Crippen molar-refractivity contribution in [2.45, 2.75) is 47.5 Å². The van der Waals surface area contributed by atoms with E-state index in [1.165, 1.54) is 0 Å². The molecular formula is C11H23NO. The second-order valence-electron chi connectivity index (χ2n) is 4.80. The monoisotopic (exact) mass is 185 g/mol. The van der Waals surface area contributed by atoms with Crippen molar-refractivity contribution in [2.75, 3.05) is 6.61 Å². The minimum Gasteiger partial charge on any atom is -0.481 e. The molecule has 0 aliphatic rings. The number of hydrogen-bond donors (Lipinski definition) is 1. The lowest BCUT2D eigenvalue weighted by molar-refractivity contribution is 0.282. The maximum absolute atomic E-state index is 7.58. The molecule has 2 nitrogen and oxygen atoms in total. The molecule has 1 atom stereocenters. The summed E-state index contributed by atoms with van der Waals surface area (Å²) >= 11 is 0. The molecule has 2 heteroatoms. The van der Waals surface area contributed by atoms with E-state index in [1.54, 1.807) is 0 Å². The first-order valence-electron chi connectivity index (χ1n) is 5.08. The topological polar surface area (TPSA) is 33.1 Å². The molecule has 0 saturated heterocycles. The Morgan fingerprint density at radius 2 is 1.92 bits per heavy atom. The van der Waals surface area contributed by atoms with Crippen LogP contribution in [0.25, 0.3) is 0 Å². The van der Waals surface area contributed by atoms with Crippen LogP contribution >= 0.6 is 0 Å². The van der Waals surface area contributed by atoms with Gasteiger partial charge >= 0.3 is 0 Å². The normalized spacial score (nSPS) is 13.9. The molecule has 0 saturated carbocycles. The summed E-state index contributed by atoms with van der Waals surface area (Å²) < 4.78 is 5.15. The molecule has 0 fully saturated rings. The smallest absolute Gasteiger partial charge is 0.183 e. The highest BCUT2D eigenvalue weighted by atomic mass is 16.5. The molecule has 0 rings (SSSR count). The summed E-state index contributed by atoms with van der Waals surface area (Å²) in [5.41, 5.74) is 0.362. The van der Waals surface area contributed by atoms with Gasteiger partial charge in [0.15, 0.2) is 5.90 Å².